The van der Waals surface area contributed by atoms with Crippen molar-refractivity contribution in [1.82, 2.24) is 10.2 Å². The number of hydrogen-bond acceptors (Lipinski definition) is 3. The molecule has 4 heteroatoms. The average Bonchev–Trinajstić information content (AvgIpc) is 2.22. The predicted octanol–water partition coefficient (Wildman–Crippen LogP) is 0.868. The topological polar surface area (TPSA) is 41.6 Å². The zero-order valence-electron chi connectivity index (χ0n) is 10.5. The molecule has 0 saturated heterocycles. The lowest BCUT2D eigenvalue weighted by atomic mass is 10.2. The Balaban J connectivity index is 3.87. The lowest BCUT2D eigenvalue weighted by molar-refractivity contribution is -0.130. The van der Waals surface area contributed by atoms with E-state index in [0.717, 1.165) is 6.42 Å². The highest BCUT2D eigenvalue weighted by atomic mass is 16.5. The van der Waals surface area contributed by atoms with Crippen LogP contribution in [0.2, 0.25) is 0 Å². The smallest absolute Gasteiger partial charge is 0.236 e. The molecule has 1 unspecified atom stereocenters. The van der Waals surface area contributed by atoms with Gasteiger partial charge in [-0.3, -0.25) is 4.79 Å². The molecule has 0 aliphatic heterocycles. The van der Waals surface area contributed by atoms with Crippen molar-refractivity contribution in [1.29, 1.82) is 0 Å². The molecule has 0 aromatic heterocycles. The zero-order valence-corrected chi connectivity index (χ0v) is 10.5. The summed E-state index contributed by atoms with van der Waals surface area (Å²) >= 11 is 0. The third-order valence-corrected chi connectivity index (χ3v) is 2.57. The number of nitrogens with one attached hydrogen (secondary N) is 1. The molecule has 0 fully saturated rings. The van der Waals surface area contributed by atoms with Gasteiger partial charge in [0, 0.05) is 26.2 Å². The number of nitrogens with zero attached hydrogens (tertiary/aromatic N) is 1. The molecule has 0 aromatic carbocycles. The number of likely N-dealkylation sites (N-methyl/N-ethyl adjacent to an activating group) is 1. The van der Waals surface area contributed by atoms with E-state index in [1.807, 2.05) is 20.9 Å². The van der Waals surface area contributed by atoms with Gasteiger partial charge in [0.2, 0.25) is 5.91 Å². The normalized spacial score (nSPS) is 12.9. The van der Waals surface area contributed by atoms with E-state index in [2.05, 4.69) is 12.2 Å². The van der Waals surface area contributed by atoms with Crippen molar-refractivity contribution in [3.8, 4) is 0 Å². The van der Waals surface area contributed by atoms with Crippen molar-refractivity contribution in [2.45, 2.75) is 39.3 Å². The van der Waals surface area contributed by atoms with Crippen LogP contribution >= 0.6 is 0 Å². The number of rotatable bonds is 7. The molecule has 0 aromatic rings. The molecule has 0 aliphatic rings. The molecule has 4 nitrogen and oxygen atoms in total. The maximum Gasteiger partial charge on any atom is 0.236 e. The van der Waals surface area contributed by atoms with Crippen LogP contribution in [0.5, 0.6) is 0 Å². The lowest BCUT2D eigenvalue weighted by Crippen LogP contribution is -2.43. The summed E-state index contributed by atoms with van der Waals surface area (Å²) in [6.07, 6.45) is 0.965. The summed E-state index contributed by atoms with van der Waals surface area (Å²) in [5, 5.41) is 3.19. The summed E-state index contributed by atoms with van der Waals surface area (Å²) in [5.41, 5.74) is 0. The van der Waals surface area contributed by atoms with Gasteiger partial charge < -0.3 is 15.0 Å². The molecule has 90 valence electrons. The van der Waals surface area contributed by atoms with E-state index in [-0.39, 0.29) is 18.0 Å². The molecule has 1 amide bonds. The molecule has 0 heterocycles. The van der Waals surface area contributed by atoms with E-state index in [0.29, 0.717) is 13.2 Å². The van der Waals surface area contributed by atoms with Crippen LogP contribution in [0.25, 0.3) is 0 Å². The highest BCUT2D eigenvalue weighted by molar-refractivity contribution is 5.78. The average molecular weight is 216 g/mol. The third kappa shape index (κ3) is 5.74. The van der Waals surface area contributed by atoms with E-state index in [1.165, 1.54) is 0 Å². The number of hydrogen-bond donors (Lipinski definition) is 1. The molecule has 0 saturated carbocycles. The maximum absolute atomic E-state index is 11.6. The van der Waals surface area contributed by atoms with E-state index in [9.17, 15) is 4.79 Å². The molecule has 15 heavy (non-hydrogen) atoms. The second-order valence-electron chi connectivity index (χ2n) is 4.04. The Bertz CT molecular complexity index is 183. The van der Waals surface area contributed by atoms with Gasteiger partial charge in [0.25, 0.3) is 0 Å². The van der Waals surface area contributed by atoms with Crippen LogP contribution in [0.1, 0.15) is 27.2 Å². The summed E-state index contributed by atoms with van der Waals surface area (Å²) < 4.78 is 5.05. The van der Waals surface area contributed by atoms with Crippen molar-refractivity contribution in [3.05, 3.63) is 0 Å². The fourth-order valence-corrected chi connectivity index (χ4v) is 1.17. The van der Waals surface area contributed by atoms with E-state index < -0.39 is 0 Å². The SMILES string of the molecule is CCC(COC)NCC(=O)N(C)C(C)C. The number of carbonyl (C=O) groups is 1. The van der Waals surface area contributed by atoms with Crippen LogP contribution < -0.4 is 5.32 Å². The highest BCUT2D eigenvalue weighted by Gasteiger charge is 2.13. The Morgan fingerprint density at radius 2 is 2.07 bits per heavy atom. The summed E-state index contributed by atoms with van der Waals surface area (Å²) in [6, 6.07) is 0.515. The Morgan fingerprint density at radius 1 is 1.47 bits per heavy atom. The van der Waals surface area contributed by atoms with E-state index in [4.69, 9.17) is 4.74 Å². The molecule has 1 atom stereocenters. The second-order valence-corrected chi connectivity index (χ2v) is 4.04. The lowest BCUT2D eigenvalue weighted by Gasteiger charge is -2.23. The Hall–Kier alpha value is -0.610. The Labute approximate surface area is 93.0 Å². The van der Waals surface area contributed by atoms with E-state index >= 15 is 0 Å². The van der Waals surface area contributed by atoms with Crippen LogP contribution in [0, 0.1) is 0 Å². The van der Waals surface area contributed by atoms with Crippen LogP contribution in [0.3, 0.4) is 0 Å². The summed E-state index contributed by atoms with van der Waals surface area (Å²) in [7, 11) is 3.50. The van der Waals surface area contributed by atoms with E-state index in [1.54, 1.807) is 12.0 Å². The van der Waals surface area contributed by atoms with Gasteiger partial charge in [-0.15, -0.1) is 0 Å². The van der Waals surface area contributed by atoms with Gasteiger partial charge in [-0.05, 0) is 20.3 Å². The summed E-state index contributed by atoms with van der Waals surface area (Å²) in [6.45, 7) is 7.12. The first-order chi connectivity index (χ1) is 7.02. The minimum atomic E-state index is 0.125. The van der Waals surface area contributed by atoms with Crippen molar-refractivity contribution in [2.75, 3.05) is 27.3 Å². The minimum absolute atomic E-state index is 0.125. The molecule has 0 spiro atoms. The fraction of sp³-hybridized carbons (Fsp3) is 0.909. The Kier molecular flexibility index (Phi) is 7.34. The largest absolute Gasteiger partial charge is 0.383 e. The van der Waals surface area contributed by atoms with Gasteiger partial charge in [0.05, 0.1) is 13.2 Å². The molecular formula is C11H24N2O2. The first-order valence-electron chi connectivity index (χ1n) is 5.50. The number of carbonyl (C=O) groups excluding carboxylic acids is 1. The number of amides is 1. The third-order valence-electron chi connectivity index (χ3n) is 2.57. The van der Waals surface area contributed by atoms with Crippen LogP contribution in [0.4, 0.5) is 0 Å². The van der Waals surface area contributed by atoms with Crippen molar-refractivity contribution < 1.29 is 9.53 Å². The maximum atomic E-state index is 11.6. The molecule has 0 radical (unpaired) electrons. The van der Waals surface area contributed by atoms with Gasteiger partial charge in [-0.25, -0.2) is 0 Å². The van der Waals surface area contributed by atoms with Crippen LogP contribution in [0.15, 0.2) is 0 Å². The highest BCUT2D eigenvalue weighted by Crippen LogP contribution is 1.95. The Morgan fingerprint density at radius 3 is 2.47 bits per heavy atom. The molecule has 1 N–H and O–H groups in total. The first-order valence-corrected chi connectivity index (χ1v) is 5.50. The van der Waals surface area contributed by atoms with Crippen LogP contribution in [-0.2, 0) is 9.53 Å². The number of methoxy groups -OCH3 is 1. The summed E-state index contributed by atoms with van der Waals surface area (Å²) in [5.74, 6) is 0.125. The fourth-order valence-electron chi connectivity index (χ4n) is 1.17. The van der Waals surface area contributed by atoms with Gasteiger partial charge in [-0.2, -0.15) is 0 Å². The van der Waals surface area contributed by atoms with Gasteiger partial charge in [-0.1, -0.05) is 6.92 Å². The first kappa shape index (κ1) is 14.4. The standard InChI is InChI=1S/C11H24N2O2/c1-6-10(8-15-5)12-7-11(14)13(4)9(2)3/h9-10,12H,6-8H2,1-5H3. The van der Waals surface area contributed by atoms with Gasteiger partial charge >= 0.3 is 0 Å². The molecule has 0 bridgehead atoms. The summed E-state index contributed by atoms with van der Waals surface area (Å²) in [4.78, 5) is 13.4. The monoisotopic (exact) mass is 216 g/mol. The zero-order chi connectivity index (χ0) is 11.8. The van der Waals surface area contributed by atoms with Crippen molar-refractivity contribution >= 4 is 5.91 Å². The van der Waals surface area contributed by atoms with Crippen LogP contribution in [-0.4, -0.2) is 50.2 Å². The van der Waals surface area contributed by atoms with Gasteiger partial charge in [0.1, 0.15) is 0 Å². The predicted molar refractivity (Wildman–Crippen MR) is 61.9 cm³/mol. The number of ether oxygens (including phenoxy) is 1. The minimum Gasteiger partial charge on any atom is -0.383 e. The van der Waals surface area contributed by atoms with Gasteiger partial charge in [0.15, 0.2) is 0 Å². The quantitative estimate of drug-likeness (QED) is 0.686. The molecule has 0 rings (SSSR count). The molecular weight excluding hydrogens is 192 g/mol. The van der Waals surface area contributed by atoms with Crippen molar-refractivity contribution in [2.24, 2.45) is 0 Å². The van der Waals surface area contributed by atoms with Crippen molar-refractivity contribution in [3.63, 3.8) is 0 Å². The molecule has 0 aliphatic carbocycles. The second kappa shape index (κ2) is 7.65.